The maximum atomic E-state index is 5.30. The second-order valence-corrected chi connectivity index (χ2v) is 91.7. The second-order valence-electron chi connectivity index (χ2n) is 63.3. The minimum atomic E-state index is -1.40. The van der Waals surface area contributed by atoms with Gasteiger partial charge in [-0.05, 0) is 484 Å². The van der Waals surface area contributed by atoms with Crippen LogP contribution in [0, 0.1) is 219 Å². The summed E-state index contributed by atoms with van der Waals surface area (Å²) in [6.07, 6.45) is 95.6. The van der Waals surface area contributed by atoms with Crippen LogP contribution in [0.1, 0.15) is 473 Å². The highest BCUT2D eigenvalue weighted by Crippen LogP contribution is 2.77. The zero-order chi connectivity index (χ0) is 104. The van der Waals surface area contributed by atoms with Gasteiger partial charge in [0, 0.05) is 0 Å². The van der Waals surface area contributed by atoms with Crippen LogP contribution in [0.15, 0.2) is 30.3 Å². The maximum Gasteiger partial charge on any atom is 0.112 e. The third-order valence-electron chi connectivity index (χ3n) is 52.7. The highest BCUT2D eigenvalue weighted by Gasteiger charge is 2.69. The molecule has 0 radical (unpaired) electrons. The first-order valence-corrected chi connectivity index (χ1v) is 82.0. The summed E-state index contributed by atoms with van der Waals surface area (Å²) < 4.78 is -2.22. The molecule has 25 fully saturated rings. The fraction of sp³-hybridized carbons (Fsp3) is 0.956. The van der Waals surface area contributed by atoms with Gasteiger partial charge in [-0.25, -0.2) is 0 Å². The average molecular weight is 2250 g/mol. The molecular formula is C135H228Cl8Si4. The molecule has 0 saturated heterocycles. The summed E-state index contributed by atoms with van der Waals surface area (Å²) in [4.78, 5) is 0. The van der Waals surface area contributed by atoms with Crippen LogP contribution >= 0.6 is 92.8 Å². The van der Waals surface area contributed by atoms with Gasteiger partial charge in [0.1, 0.15) is 17.3 Å². The standard InChI is InChI=1S/C34H52Si.C32H54Si.C29H50Si.C28H48Si.4C3H6Cl2/c1-22-20-30-31(21-24-14-11-19-25(24)32(30)23-12-5-4-6-13-23)33(22)35(2,3)34-28-17-9-7-15-26(28)27-16-8-10-18-29(27)34;1-33(2,32-28-17-9-7-13-24(28)25-14-8-10-18-29(25)32)21-19-30-26-15-5-3-11-22(26)23-12-4-6-16-27(23)31(30)20-21;1-19-18-27-21-11-5-4-10-20(21)16-17-26(27)28(19)30(2,3)29-24-14-8-6-12-22(24)23-13-7-9-15-25(23)29;1-18-15-21-16-19-9-8-10-20(19)17-26(21)27(18)29(2,3)28-24-13-6-4-11-22(24)23-12-5-7-14-25(23)28;4*1-3(2,4)5/h4-6,12-13,22,24-34H,7-11,14-21H2,1-3H3;21-32H,3-20H2,1-2H3;19-29H,4-18H2,1-3H3;18-28H,4-17H2,1-3H3;4*1-2H3. The summed E-state index contributed by atoms with van der Waals surface area (Å²) in [5, 5.41) is 0. The number of benzene rings is 1. The number of rotatable bonds is 9. The number of alkyl halides is 8. The Kier molecular flexibility index (Phi) is 39.2. The van der Waals surface area contributed by atoms with Crippen molar-refractivity contribution in [2.75, 3.05) is 0 Å². The molecule has 26 rings (SSSR count). The molecule has 0 aliphatic heterocycles. The molecule has 0 N–H and O–H groups in total. The van der Waals surface area contributed by atoms with Crippen molar-refractivity contribution in [1.29, 1.82) is 0 Å². The first-order valence-electron chi connectivity index (χ1n) is 66.4. The van der Waals surface area contributed by atoms with Gasteiger partial charge in [-0.15, -0.1) is 92.8 Å². The SMILES string of the molecule is CC(C)(Cl)Cl.CC(C)(Cl)Cl.CC(C)(Cl)Cl.CC(C)(Cl)Cl.CC1CC2C(CC3CCCC3C2c2ccccc2)C1[Si](C)(C)C1C2CCCCC2C2CCCCC21.CC1CC2C3CCCCC3CCC2C1[Si](C)(C)C1C2CCCCC2C2CCCCC21.CC1CC2CC3CCCC3CC2C1[Si](C)(C)C1C2CCCCC2C2CCCCC21.C[Si](C)(C1CC2C3CCCCC3C3CCCCC3C2C1)C1C2CCCCC2C2CCCCC21. The van der Waals surface area contributed by atoms with E-state index in [-0.39, 0.29) is 0 Å². The second kappa shape index (κ2) is 49.0. The molecule has 25 saturated carbocycles. The van der Waals surface area contributed by atoms with E-state index < -0.39 is 49.6 Å². The summed E-state index contributed by atoms with van der Waals surface area (Å²) in [7, 11) is -5.21. The van der Waals surface area contributed by atoms with E-state index in [1.54, 1.807) is 433 Å². The average Bonchev–Trinajstić information content (AvgIpc) is 1.55. The van der Waals surface area contributed by atoms with E-state index in [9.17, 15) is 0 Å². The quantitative estimate of drug-likeness (QED) is 0.171. The molecular weight excluding hydrogens is 2020 g/mol. The van der Waals surface area contributed by atoms with E-state index in [0.29, 0.717) is 0 Å². The molecule has 1 aromatic rings. The van der Waals surface area contributed by atoms with Crippen molar-refractivity contribution >= 4 is 125 Å². The molecule has 41 atom stereocenters. The number of fused-ring (bicyclic) bond motifs is 25. The van der Waals surface area contributed by atoms with Crippen LogP contribution in [0.4, 0.5) is 0 Å². The third-order valence-corrected chi connectivity index (χ3v) is 73.7. The van der Waals surface area contributed by atoms with Crippen LogP contribution in [0.3, 0.4) is 0 Å². The van der Waals surface area contributed by atoms with Crippen molar-refractivity contribution < 1.29 is 0 Å². The molecule has 0 nitrogen and oxygen atoms in total. The van der Waals surface area contributed by atoms with Gasteiger partial charge in [0.25, 0.3) is 0 Å². The maximum absolute atomic E-state index is 5.30. The first kappa shape index (κ1) is 117. The normalized spacial score (nSPS) is 47.1. The summed E-state index contributed by atoms with van der Waals surface area (Å²) in [5.74, 6) is 42.5. The van der Waals surface area contributed by atoms with Crippen molar-refractivity contribution in [2.24, 2.45) is 219 Å². The van der Waals surface area contributed by atoms with Gasteiger partial charge in [0.2, 0.25) is 0 Å². The van der Waals surface area contributed by atoms with Gasteiger partial charge in [0.15, 0.2) is 0 Å². The lowest BCUT2D eigenvalue weighted by atomic mass is 9.51. The number of hydrogen-bond acceptors (Lipinski definition) is 0. The molecule has 1 aromatic carbocycles. The first-order chi connectivity index (χ1) is 69.8. The number of halogens is 8. The Morgan fingerprint density at radius 1 is 0.177 bits per heavy atom. The van der Waals surface area contributed by atoms with Gasteiger partial charge < -0.3 is 0 Å². The van der Waals surface area contributed by atoms with Crippen LogP contribution in [0.5, 0.6) is 0 Å². The molecule has 0 amide bonds. The van der Waals surface area contributed by atoms with E-state index in [1.165, 1.54) is 57.9 Å². The Hall–Kier alpha value is 2.41. The molecule has 0 bridgehead atoms. The van der Waals surface area contributed by atoms with Crippen LogP contribution in [-0.4, -0.2) is 49.6 Å². The lowest BCUT2D eigenvalue weighted by Crippen LogP contribution is -2.48. The zero-order valence-corrected chi connectivity index (χ0v) is 108. The van der Waals surface area contributed by atoms with Gasteiger partial charge in [-0.1, -0.05) is 335 Å². The summed E-state index contributed by atoms with van der Waals surface area (Å²) in [6.45, 7) is 45.6. The summed E-state index contributed by atoms with van der Waals surface area (Å²) >= 11 is 42.4. The molecule has 25 aliphatic carbocycles. The fourth-order valence-electron chi connectivity index (χ4n) is 50.3. The van der Waals surface area contributed by atoms with Gasteiger partial charge in [0.05, 0.1) is 32.3 Å². The topological polar surface area (TPSA) is 0 Å². The predicted molar refractivity (Wildman–Crippen MR) is 655 cm³/mol. The van der Waals surface area contributed by atoms with Gasteiger partial charge >= 0.3 is 0 Å². The van der Waals surface area contributed by atoms with Crippen molar-refractivity contribution in [3.63, 3.8) is 0 Å². The van der Waals surface area contributed by atoms with Crippen molar-refractivity contribution in [3.8, 4) is 0 Å². The summed E-state index contributed by atoms with van der Waals surface area (Å²) in [5.41, 5.74) is 11.1. The molecule has 25 aliphatic rings. The van der Waals surface area contributed by atoms with Gasteiger partial charge in [-0.3, -0.25) is 0 Å². The van der Waals surface area contributed by atoms with Crippen molar-refractivity contribution in [3.05, 3.63) is 35.9 Å². The van der Waals surface area contributed by atoms with E-state index in [4.69, 9.17) is 92.8 Å². The Balaban J connectivity index is 0.000000116. The molecule has 0 spiro atoms. The molecule has 12 heteroatoms. The fourth-order valence-corrected chi connectivity index (χ4v) is 75.4. The van der Waals surface area contributed by atoms with Crippen LogP contribution in [0.25, 0.3) is 0 Å². The molecule has 147 heavy (non-hydrogen) atoms. The van der Waals surface area contributed by atoms with Crippen LogP contribution in [-0.2, 0) is 0 Å². The lowest BCUT2D eigenvalue weighted by molar-refractivity contribution is -0.0484. The van der Waals surface area contributed by atoms with E-state index in [1.807, 2.05) is 0 Å². The van der Waals surface area contributed by atoms with E-state index in [2.05, 4.69) is 103 Å². The minimum Gasteiger partial charge on any atom is -0.102 e. The van der Waals surface area contributed by atoms with Crippen molar-refractivity contribution in [1.82, 2.24) is 0 Å². The monoisotopic (exact) mass is 2240 g/mol. The Morgan fingerprint density at radius 2 is 0.408 bits per heavy atom. The molecule has 840 valence electrons. The summed E-state index contributed by atoms with van der Waals surface area (Å²) in [6, 6.07) is 11.9. The molecule has 0 aromatic heterocycles. The highest BCUT2D eigenvalue weighted by atomic mass is 35.5. The molecule has 41 unspecified atom stereocenters. The van der Waals surface area contributed by atoms with Crippen LogP contribution in [0.2, 0.25) is 96.7 Å². The van der Waals surface area contributed by atoms with Crippen molar-refractivity contribution in [2.45, 2.75) is 581 Å². The largest absolute Gasteiger partial charge is 0.112 e. The lowest BCUT2D eigenvalue weighted by Gasteiger charge is -2.54. The Bertz CT molecular complexity index is 4060. The third kappa shape index (κ3) is 25.6. The van der Waals surface area contributed by atoms with Crippen LogP contribution < -0.4 is 0 Å². The smallest absolute Gasteiger partial charge is 0.102 e. The van der Waals surface area contributed by atoms with E-state index in [0.717, 1.165) is 224 Å². The number of hydrogen-bond donors (Lipinski definition) is 0. The highest BCUT2D eigenvalue weighted by molar-refractivity contribution is 6.82. The predicted octanol–water partition coefficient (Wildman–Crippen LogP) is 45.9. The van der Waals surface area contributed by atoms with Gasteiger partial charge in [-0.2, -0.15) is 0 Å². The minimum absolute atomic E-state index is 0.556. The Labute approximate surface area is 952 Å². The zero-order valence-electron chi connectivity index (χ0n) is 98.4. The Morgan fingerprint density at radius 3 is 0.762 bits per heavy atom. The molecule has 0 heterocycles. The van der Waals surface area contributed by atoms with E-state index >= 15 is 0 Å².